The van der Waals surface area contributed by atoms with Crippen LogP contribution in [-0.4, -0.2) is 44.3 Å². The third-order valence-electron chi connectivity index (χ3n) is 4.63. The van der Waals surface area contributed by atoms with Crippen molar-refractivity contribution in [3.8, 4) is 11.5 Å². The molecule has 132 valence electrons. The highest BCUT2D eigenvalue weighted by molar-refractivity contribution is 6.33. The monoisotopic (exact) mass is 378 g/mol. The number of hydrogen-bond acceptors (Lipinski definition) is 4. The molecule has 4 nitrogen and oxygen atoms in total. The summed E-state index contributed by atoms with van der Waals surface area (Å²) in [4.78, 5) is 4.77. The molecule has 6 heteroatoms. The molecule has 0 aromatic heterocycles. The zero-order valence-corrected chi connectivity index (χ0v) is 15.4. The van der Waals surface area contributed by atoms with Gasteiger partial charge < -0.3 is 14.4 Å². The van der Waals surface area contributed by atoms with Crippen LogP contribution in [0.25, 0.3) is 0 Å². The summed E-state index contributed by atoms with van der Waals surface area (Å²) in [6.45, 7) is 5.87. The van der Waals surface area contributed by atoms with Gasteiger partial charge in [0, 0.05) is 32.7 Å². The summed E-state index contributed by atoms with van der Waals surface area (Å²) in [7, 11) is 0. The second kappa shape index (κ2) is 7.32. The highest BCUT2D eigenvalue weighted by Crippen LogP contribution is 2.38. The summed E-state index contributed by atoms with van der Waals surface area (Å²) in [5, 5.41) is 1.44. The van der Waals surface area contributed by atoms with Crippen molar-refractivity contribution in [2.75, 3.05) is 44.3 Å². The maximum atomic E-state index is 6.34. The quantitative estimate of drug-likeness (QED) is 0.802. The molecule has 0 radical (unpaired) electrons. The summed E-state index contributed by atoms with van der Waals surface area (Å²) in [5.41, 5.74) is 2.27. The topological polar surface area (TPSA) is 24.9 Å². The number of ether oxygens (including phenoxy) is 2. The normalized spacial score (nSPS) is 17.6. The summed E-state index contributed by atoms with van der Waals surface area (Å²) in [6, 6.07) is 12.0. The van der Waals surface area contributed by atoms with Gasteiger partial charge >= 0.3 is 0 Å². The number of fused-ring (bicyclic) bond motifs is 1. The fourth-order valence-corrected chi connectivity index (χ4v) is 3.91. The van der Waals surface area contributed by atoms with Crippen molar-refractivity contribution in [3.63, 3.8) is 0 Å². The van der Waals surface area contributed by atoms with Crippen LogP contribution >= 0.6 is 23.2 Å². The first-order valence-corrected chi connectivity index (χ1v) is 9.26. The number of piperazine rings is 1. The predicted molar refractivity (Wildman–Crippen MR) is 101 cm³/mol. The van der Waals surface area contributed by atoms with E-state index in [1.54, 1.807) is 0 Å². The van der Waals surface area contributed by atoms with E-state index in [9.17, 15) is 0 Å². The molecular formula is C19H20Cl2N2O2. The van der Waals surface area contributed by atoms with Gasteiger partial charge in [0.05, 0.1) is 15.7 Å². The average Bonchev–Trinajstić information content (AvgIpc) is 2.63. The first kappa shape index (κ1) is 16.8. The van der Waals surface area contributed by atoms with Crippen LogP contribution in [0.3, 0.4) is 0 Å². The molecule has 2 aliphatic heterocycles. The molecule has 0 bridgehead atoms. The second-order valence-electron chi connectivity index (χ2n) is 6.32. The summed E-state index contributed by atoms with van der Waals surface area (Å²) in [6.07, 6.45) is 0. The minimum Gasteiger partial charge on any atom is -0.486 e. The van der Waals surface area contributed by atoms with Gasteiger partial charge in [0.25, 0.3) is 0 Å². The number of benzene rings is 2. The molecule has 0 unspecified atom stereocenters. The smallest absolute Gasteiger partial charge is 0.179 e. The molecule has 4 rings (SSSR count). The zero-order chi connectivity index (χ0) is 17.2. The number of nitrogens with zero attached hydrogens (tertiary/aromatic N) is 2. The summed E-state index contributed by atoms with van der Waals surface area (Å²) in [5.74, 6) is 1.42. The van der Waals surface area contributed by atoms with E-state index >= 15 is 0 Å². The molecule has 1 saturated heterocycles. The molecule has 0 N–H and O–H groups in total. The third kappa shape index (κ3) is 3.66. The van der Waals surface area contributed by atoms with Crippen LogP contribution in [0.15, 0.2) is 36.4 Å². The van der Waals surface area contributed by atoms with E-state index in [-0.39, 0.29) is 0 Å². The van der Waals surface area contributed by atoms with Crippen LogP contribution < -0.4 is 14.4 Å². The van der Waals surface area contributed by atoms with Crippen LogP contribution in [0.2, 0.25) is 10.0 Å². The van der Waals surface area contributed by atoms with Gasteiger partial charge in [-0.05, 0) is 29.8 Å². The van der Waals surface area contributed by atoms with E-state index in [2.05, 4.69) is 15.9 Å². The first-order chi connectivity index (χ1) is 12.2. The number of para-hydroxylation sites is 1. The Balaban J connectivity index is 1.41. The van der Waals surface area contributed by atoms with Crippen molar-refractivity contribution < 1.29 is 9.47 Å². The molecule has 2 aliphatic rings. The predicted octanol–water partition coefficient (Wildman–Crippen LogP) is 4.09. The molecule has 0 spiro atoms. The second-order valence-corrected chi connectivity index (χ2v) is 7.13. The van der Waals surface area contributed by atoms with Gasteiger partial charge in [0.2, 0.25) is 0 Å². The van der Waals surface area contributed by atoms with Crippen molar-refractivity contribution in [2.24, 2.45) is 0 Å². The largest absolute Gasteiger partial charge is 0.486 e. The minimum atomic E-state index is 0.552. The number of halogens is 2. The van der Waals surface area contributed by atoms with Gasteiger partial charge in [-0.3, -0.25) is 4.90 Å². The molecule has 0 atom stereocenters. The van der Waals surface area contributed by atoms with E-state index in [0.717, 1.165) is 54.7 Å². The Bertz CT molecular complexity index is 761. The van der Waals surface area contributed by atoms with Crippen molar-refractivity contribution in [1.82, 2.24) is 4.90 Å². The Hall–Kier alpha value is -1.62. The fourth-order valence-electron chi connectivity index (χ4n) is 3.37. The summed E-state index contributed by atoms with van der Waals surface area (Å²) < 4.78 is 11.3. The van der Waals surface area contributed by atoms with E-state index in [1.807, 2.05) is 30.3 Å². The molecule has 2 aromatic rings. The Morgan fingerprint density at radius 3 is 2.44 bits per heavy atom. The molecule has 2 aromatic carbocycles. The molecule has 0 amide bonds. The van der Waals surface area contributed by atoms with Crippen molar-refractivity contribution in [1.29, 1.82) is 0 Å². The molecule has 0 saturated carbocycles. The highest BCUT2D eigenvalue weighted by Gasteiger charge is 2.21. The standard InChI is InChI=1S/C19H20Cl2N2O2/c20-15-3-1-2-4-17(15)23-7-5-22(6-8-23)13-14-11-16(21)19-18(12-14)24-9-10-25-19/h1-4,11-12H,5-10,13H2. The van der Waals surface area contributed by atoms with E-state index in [1.165, 1.54) is 0 Å². The van der Waals surface area contributed by atoms with Gasteiger partial charge in [-0.15, -0.1) is 0 Å². The SMILES string of the molecule is Clc1ccccc1N1CCN(Cc2cc(Cl)c3c(c2)OCCO3)CC1. The van der Waals surface area contributed by atoms with Crippen molar-refractivity contribution in [2.45, 2.75) is 6.54 Å². The molecule has 0 aliphatic carbocycles. The van der Waals surface area contributed by atoms with Gasteiger partial charge in [-0.25, -0.2) is 0 Å². The zero-order valence-electron chi connectivity index (χ0n) is 13.9. The summed E-state index contributed by atoms with van der Waals surface area (Å²) >= 11 is 12.7. The Labute approximate surface area is 157 Å². The van der Waals surface area contributed by atoms with E-state index in [0.29, 0.717) is 24.0 Å². The highest BCUT2D eigenvalue weighted by atomic mass is 35.5. The Kier molecular flexibility index (Phi) is 4.93. The lowest BCUT2D eigenvalue weighted by Gasteiger charge is -2.36. The molecule has 1 fully saturated rings. The molecule has 25 heavy (non-hydrogen) atoms. The van der Waals surface area contributed by atoms with E-state index < -0.39 is 0 Å². The van der Waals surface area contributed by atoms with Crippen LogP contribution in [0.4, 0.5) is 5.69 Å². The number of hydrogen-bond donors (Lipinski definition) is 0. The molecular weight excluding hydrogens is 359 g/mol. The van der Waals surface area contributed by atoms with Crippen LogP contribution in [-0.2, 0) is 6.54 Å². The van der Waals surface area contributed by atoms with Crippen molar-refractivity contribution >= 4 is 28.9 Å². The number of anilines is 1. The average molecular weight is 379 g/mol. The lowest BCUT2D eigenvalue weighted by atomic mass is 10.1. The van der Waals surface area contributed by atoms with Crippen molar-refractivity contribution in [3.05, 3.63) is 52.0 Å². The van der Waals surface area contributed by atoms with Crippen LogP contribution in [0.1, 0.15) is 5.56 Å². The van der Waals surface area contributed by atoms with Crippen LogP contribution in [0, 0.1) is 0 Å². The lowest BCUT2D eigenvalue weighted by Crippen LogP contribution is -2.46. The maximum Gasteiger partial charge on any atom is 0.179 e. The maximum absolute atomic E-state index is 6.34. The lowest BCUT2D eigenvalue weighted by molar-refractivity contribution is 0.171. The van der Waals surface area contributed by atoms with Gasteiger partial charge in [-0.1, -0.05) is 35.3 Å². The third-order valence-corrected chi connectivity index (χ3v) is 5.23. The Morgan fingerprint density at radius 2 is 1.64 bits per heavy atom. The molecule has 2 heterocycles. The minimum absolute atomic E-state index is 0.552. The van der Waals surface area contributed by atoms with Crippen LogP contribution in [0.5, 0.6) is 11.5 Å². The Morgan fingerprint density at radius 1 is 0.880 bits per heavy atom. The van der Waals surface area contributed by atoms with Gasteiger partial charge in [-0.2, -0.15) is 0 Å². The van der Waals surface area contributed by atoms with E-state index in [4.69, 9.17) is 32.7 Å². The van der Waals surface area contributed by atoms with Gasteiger partial charge in [0.15, 0.2) is 11.5 Å². The fraction of sp³-hybridized carbons (Fsp3) is 0.368. The number of rotatable bonds is 3. The first-order valence-electron chi connectivity index (χ1n) is 8.50. The van der Waals surface area contributed by atoms with Gasteiger partial charge in [0.1, 0.15) is 13.2 Å².